The molecule has 2 rings (SSSR count). The smallest absolute Gasteiger partial charge is 0.243 e. The van der Waals surface area contributed by atoms with Crippen LogP contribution in [-0.2, 0) is 22.6 Å². The molecule has 0 aliphatic rings. The summed E-state index contributed by atoms with van der Waals surface area (Å²) >= 11 is 12.4. The van der Waals surface area contributed by atoms with Crippen LogP contribution >= 0.6 is 23.2 Å². The molecule has 4 nitrogen and oxygen atoms in total. The lowest BCUT2D eigenvalue weighted by Crippen LogP contribution is -2.50. The lowest BCUT2D eigenvalue weighted by Gasteiger charge is -2.31. The summed E-state index contributed by atoms with van der Waals surface area (Å²) in [5.74, 6) is -0.277. The van der Waals surface area contributed by atoms with E-state index in [1.54, 1.807) is 23.1 Å². The first-order valence-electron chi connectivity index (χ1n) is 10.2. The van der Waals surface area contributed by atoms with Crippen LogP contribution < -0.4 is 5.32 Å². The van der Waals surface area contributed by atoms with Crippen LogP contribution in [0.1, 0.15) is 49.4 Å². The van der Waals surface area contributed by atoms with Gasteiger partial charge in [0, 0.05) is 22.6 Å². The number of amides is 2. The standard InChI is InChI=1S/C24H30Cl2N2O2/c1-6-22(24(30)27-15(2)3)28(14-19-9-10-20(25)13-21(19)26)23(29)12-18-8-7-16(4)17(5)11-18/h7-11,13,15,22H,6,12,14H2,1-5H3,(H,27,30)/t22-/m0/s1. The normalized spacial score (nSPS) is 12.0. The van der Waals surface area contributed by atoms with Gasteiger partial charge in [-0.15, -0.1) is 0 Å². The minimum atomic E-state index is -0.585. The number of rotatable bonds is 8. The van der Waals surface area contributed by atoms with Gasteiger partial charge in [0.05, 0.1) is 6.42 Å². The second kappa shape index (κ2) is 10.8. The third kappa shape index (κ3) is 6.48. The van der Waals surface area contributed by atoms with E-state index in [9.17, 15) is 9.59 Å². The Morgan fingerprint density at radius 3 is 2.30 bits per heavy atom. The first-order chi connectivity index (χ1) is 14.1. The lowest BCUT2D eigenvalue weighted by atomic mass is 10.0. The van der Waals surface area contributed by atoms with Gasteiger partial charge in [-0.3, -0.25) is 9.59 Å². The SMILES string of the molecule is CC[C@@H](C(=O)NC(C)C)N(Cc1ccc(Cl)cc1Cl)C(=O)Cc1ccc(C)c(C)c1. The third-order valence-electron chi connectivity index (χ3n) is 5.10. The molecular weight excluding hydrogens is 419 g/mol. The van der Waals surface area contributed by atoms with Crippen LogP contribution in [0.25, 0.3) is 0 Å². The quantitative estimate of drug-likeness (QED) is 0.580. The number of carbonyl (C=O) groups excluding carboxylic acids is 2. The molecule has 0 saturated carbocycles. The summed E-state index contributed by atoms with van der Waals surface area (Å²) < 4.78 is 0. The first kappa shape index (κ1) is 24.2. The predicted molar refractivity (Wildman–Crippen MR) is 124 cm³/mol. The Balaban J connectivity index is 2.35. The molecule has 6 heteroatoms. The fourth-order valence-corrected chi connectivity index (χ4v) is 3.79. The lowest BCUT2D eigenvalue weighted by molar-refractivity contribution is -0.141. The van der Waals surface area contributed by atoms with E-state index < -0.39 is 6.04 Å². The molecule has 1 atom stereocenters. The number of carbonyl (C=O) groups is 2. The summed E-state index contributed by atoms with van der Waals surface area (Å²) in [5, 5.41) is 3.94. The molecular formula is C24H30Cl2N2O2. The van der Waals surface area contributed by atoms with Gasteiger partial charge in [0.15, 0.2) is 0 Å². The minimum Gasteiger partial charge on any atom is -0.352 e. The van der Waals surface area contributed by atoms with E-state index in [-0.39, 0.29) is 30.8 Å². The van der Waals surface area contributed by atoms with E-state index >= 15 is 0 Å². The Labute approximate surface area is 189 Å². The number of halogens is 2. The second-order valence-corrected chi connectivity index (χ2v) is 8.78. The highest BCUT2D eigenvalue weighted by atomic mass is 35.5. The van der Waals surface area contributed by atoms with E-state index in [0.29, 0.717) is 16.5 Å². The minimum absolute atomic E-state index is 0.0117. The van der Waals surface area contributed by atoms with Crippen molar-refractivity contribution in [1.29, 1.82) is 0 Å². The van der Waals surface area contributed by atoms with Gasteiger partial charge in [0.2, 0.25) is 11.8 Å². The van der Waals surface area contributed by atoms with E-state index in [2.05, 4.69) is 5.32 Å². The number of nitrogens with one attached hydrogen (secondary N) is 1. The largest absolute Gasteiger partial charge is 0.352 e. The van der Waals surface area contributed by atoms with Crippen LogP contribution in [0.4, 0.5) is 0 Å². The fraction of sp³-hybridized carbons (Fsp3) is 0.417. The number of aryl methyl sites for hydroxylation is 2. The maximum Gasteiger partial charge on any atom is 0.243 e. The third-order valence-corrected chi connectivity index (χ3v) is 5.69. The highest BCUT2D eigenvalue weighted by molar-refractivity contribution is 6.35. The Kier molecular flexibility index (Phi) is 8.75. The van der Waals surface area contributed by atoms with Gasteiger partial charge in [0.1, 0.15) is 6.04 Å². The van der Waals surface area contributed by atoms with Gasteiger partial charge in [0.25, 0.3) is 0 Å². The molecule has 0 heterocycles. The Bertz CT molecular complexity index is 912. The molecule has 0 fully saturated rings. The van der Waals surface area contributed by atoms with Gasteiger partial charge in [-0.2, -0.15) is 0 Å². The van der Waals surface area contributed by atoms with Crippen LogP contribution in [0.2, 0.25) is 10.0 Å². The van der Waals surface area contributed by atoms with Gasteiger partial charge in [-0.05, 0) is 68.5 Å². The zero-order valence-corrected chi connectivity index (χ0v) is 19.8. The average molecular weight is 449 g/mol. The summed E-state index contributed by atoms with van der Waals surface area (Å²) in [7, 11) is 0. The Morgan fingerprint density at radius 2 is 1.73 bits per heavy atom. The van der Waals surface area contributed by atoms with Crippen molar-refractivity contribution >= 4 is 35.0 Å². The summed E-state index contributed by atoms with van der Waals surface area (Å²) in [4.78, 5) is 27.8. The van der Waals surface area contributed by atoms with Crippen LogP contribution in [-0.4, -0.2) is 28.8 Å². The Morgan fingerprint density at radius 1 is 1.03 bits per heavy atom. The van der Waals surface area contributed by atoms with Crippen molar-refractivity contribution in [1.82, 2.24) is 10.2 Å². The van der Waals surface area contributed by atoms with E-state index in [0.717, 1.165) is 16.7 Å². The monoisotopic (exact) mass is 448 g/mol. The second-order valence-electron chi connectivity index (χ2n) is 7.94. The molecule has 0 aliphatic heterocycles. The summed E-state index contributed by atoms with van der Waals surface area (Å²) in [5.41, 5.74) is 4.00. The average Bonchev–Trinajstić information content (AvgIpc) is 2.65. The number of nitrogens with zero attached hydrogens (tertiary/aromatic N) is 1. The zero-order valence-electron chi connectivity index (χ0n) is 18.3. The highest BCUT2D eigenvalue weighted by Crippen LogP contribution is 2.24. The number of hydrogen-bond acceptors (Lipinski definition) is 2. The molecule has 0 radical (unpaired) electrons. The summed E-state index contributed by atoms with van der Waals surface area (Å²) in [6.07, 6.45) is 0.722. The highest BCUT2D eigenvalue weighted by Gasteiger charge is 2.29. The molecule has 2 amide bonds. The van der Waals surface area contributed by atoms with Gasteiger partial charge >= 0.3 is 0 Å². The number of hydrogen-bond donors (Lipinski definition) is 1. The molecule has 0 bridgehead atoms. The van der Waals surface area contributed by atoms with Crippen LogP contribution in [0.3, 0.4) is 0 Å². The van der Waals surface area contributed by atoms with Crippen LogP contribution in [0.5, 0.6) is 0 Å². The molecule has 0 spiro atoms. The maximum atomic E-state index is 13.4. The maximum absolute atomic E-state index is 13.4. The van der Waals surface area contributed by atoms with Crippen molar-refractivity contribution in [3.8, 4) is 0 Å². The summed E-state index contributed by atoms with van der Waals surface area (Å²) in [6, 6.07) is 10.6. The van der Waals surface area contributed by atoms with Crippen molar-refractivity contribution in [2.45, 2.75) is 66.1 Å². The van der Waals surface area contributed by atoms with Crippen molar-refractivity contribution in [2.75, 3.05) is 0 Å². The molecule has 0 saturated heterocycles. The molecule has 0 aliphatic carbocycles. The van der Waals surface area contributed by atoms with Crippen molar-refractivity contribution in [3.05, 3.63) is 68.7 Å². The number of benzene rings is 2. The molecule has 162 valence electrons. The van der Waals surface area contributed by atoms with Crippen LogP contribution in [0, 0.1) is 13.8 Å². The zero-order chi connectivity index (χ0) is 22.4. The van der Waals surface area contributed by atoms with Crippen LogP contribution in [0.15, 0.2) is 36.4 Å². The van der Waals surface area contributed by atoms with Gasteiger partial charge in [-0.25, -0.2) is 0 Å². The molecule has 1 N–H and O–H groups in total. The fourth-order valence-electron chi connectivity index (χ4n) is 3.32. The van der Waals surface area contributed by atoms with Gasteiger partial charge in [-0.1, -0.05) is 54.4 Å². The Hall–Kier alpha value is -2.04. The predicted octanol–water partition coefficient (Wildman–Crippen LogP) is 5.48. The first-order valence-corrected chi connectivity index (χ1v) is 11.0. The van der Waals surface area contributed by atoms with Gasteiger partial charge < -0.3 is 10.2 Å². The van der Waals surface area contributed by atoms with Crippen molar-refractivity contribution in [2.24, 2.45) is 0 Å². The van der Waals surface area contributed by atoms with E-state index in [1.165, 1.54) is 5.56 Å². The molecule has 2 aromatic rings. The van der Waals surface area contributed by atoms with E-state index in [4.69, 9.17) is 23.2 Å². The molecule has 2 aromatic carbocycles. The van der Waals surface area contributed by atoms with Crippen molar-refractivity contribution < 1.29 is 9.59 Å². The van der Waals surface area contributed by atoms with Crippen molar-refractivity contribution in [3.63, 3.8) is 0 Å². The van der Waals surface area contributed by atoms with E-state index in [1.807, 2.05) is 52.8 Å². The topological polar surface area (TPSA) is 49.4 Å². The molecule has 0 unspecified atom stereocenters. The summed E-state index contributed by atoms with van der Waals surface area (Å²) in [6.45, 7) is 10.0. The molecule has 0 aromatic heterocycles. The molecule has 30 heavy (non-hydrogen) atoms.